The highest BCUT2D eigenvalue weighted by atomic mass is 32.2. The van der Waals surface area contributed by atoms with Gasteiger partial charge in [0, 0.05) is 22.4 Å². The van der Waals surface area contributed by atoms with Gasteiger partial charge in [0.15, 0.2) is 0 Å². The van der Waals surface area contributed by atoms with Crippen LogP contribution < -0.4 is 0 Å². The highest BCUT2D eigenvalue weighted by Gasteiger charge is 2.33. The van der Waals surface area contributed by atoms with E-state index in [0.29, 0.717) is 12.1 Å². The van der Waals surface area contributed by atoms with E-state index in [1.165, 1.54) is 27.1 Å². The summed E-state index contributed by atoms with van der Waals surface area (Å²) < 4.78 is 0. The SMILES string of the molecule is Cc1sc2ncnc(SC3CCCCN(C(=O)c4ccccc4)C3=O)c2c1C. The van der Waals surface area contributed by atoms with Gasteiger partial charge in [0.05, 0.1) is 5.25 Å². The molecule has 3 aromatic rings. The van der Waals surface area contributed by atoms with E-state index in [1.807, 2.05) is 18.2 Å². The topological polar surface area (TPSA) is 63.2 Å². The van der Waals surface area contributed by atoms with E-state index >= 15 is 0 Å². The first-order valence-electron chi connectivity index (χ1n) is 9.34. The van der Waals surface area contributed by atoms with Crippen LogP contribution in [0.3, 0.4) is 0 Å². The Bertz CT molecular complexity index is 1030. The molecule has 0 radical (unpaired) electrons. The number of fused-ring (bicyclic) bond motifs is 1. The number of hydrogen-bond acceptors (Lipinski definition) is 6. The number of nitrogens with zero attached hydrogens (tertiary/aromatic N) is 3. The Morgan fingerprint density at radius 1 is 1.18 bits per heavy atom. The number of amides is 2. The number of carbonyl (C=O) groups is 2. The van der Waals surface area contributed by atoms with Gasteiger partial charge in [-0.3, -0.25) is 14.5 Å². The lowest BCUT2D eigenvalue weighted by atomic mass is 10.2. The first-order valence-corrected chi connectivity index (χ1v) is 11.0. The van der Waals surface area contributed by atoms with Gasteiger partial charge in [0.1, 0.15) is 16.2 Å². The standard InChI is InChI=1S/C21H21N3O2S2/c1-13-14(2)27-18-17(13)19(23-12-22-18)28-16-10-6-7-11-24(21(16)26)20(25)15-8-4-3-5-9-15/h3-5,8-9,12,16H,6-7,10-11H2,1-2H3. The molecule has 3 heterocycles. The second kappa shape index (κ2) is 8.01. The van der Waals surface area contributed by atoms with Crippen molar-refractivity contribution in [3.8, 4) is 0 Å². The Labute approximate surface area is 172 Å². The highest BCUT2D eigenvalue weighted by molar-refractivity contribution is 8.00. The Balaban J connectivity index is 1.63. The van der Waals surface area contributed by atoms with E-state index in [4.69, 9.17) is 0 Å². The molecule has 28 heavy (non-hydrogen) atoms. The van der Waals surface area contributed by atoms with Gasteiger partial charge in [-0.1, -0.05) is 36.4 Å². The van der Waals surface area contributed by atoms with E-state index in [1.54, 1.807) is 29.8 Å². The largest absolute Gasteiger partial charge is 0.278 e. The van der Waals surface area contributed by atoms with Gasteiger partial charge in [-0.25, -0.2) is 9.97 Å². The molecule has 4 rings (SSSR count). The highest BCUT2D eigenvalue weighted by Crippen LogP contribution is 2.38. The predicted octanol–water partition coefficient (Wildman–Crippen LogP) is 4.62. The van der Waals surface area contributed by atoms with Crippen molar-refractivity contribution < 1.29 is 9.59 Å². The maximum atomic E-state index is 13.2. The van der Waals surface area contributed by atoms with Crippen LogP contribution in [0.2, 0.25) is 0 Å². The number of likely N-dealkylation sites (tertiary alicyclic amines) is 1. The molecule has 0 N–H and O–H groups in total. The maximum Gasteiger partial charge on any atom is 0.260 e. The average Bonchev–Trinajstić information content (AvgIpc) is 2.89. The monoisotopic (exact) mass is 411 g/mol. The van der Waals surface area contributed by atoms with Crippen molar-refractivity contribution in [3.05, 3.63) is 52.7 Å². The molecule has 1 aliphatic rings. The summed E-state index contributed by atoms with van der Waals surface area (Å²) in [4.78, 5) is 38.6. The molecule has 0 saturated carbocycles. The Hall–Kier alpha value is -2.25. The summed E-state index contributed by atoms with van der Waals surface area (Å²) >= 11 is 3.12. The average molecular weight is 412 g/mol. The molecule has 2 amide bonds. The number of aryl methyl sites for hydroxylation is 2. The quantitative estimate of drug-likeness (QED) is 0.465. The van der Waals surface area contributed by atoms with Crippen molar-refractivity contribution in [2.45, 2.75) is 43.4 Å². The Kier molecular flexibility index (Phi) is 5.46. The molecule has 0 aliphatic carbocycles. The lowest BCUT2D eigenvalue weighted by molar-refractivity contribution is -0.127. The minimum atomic E-state index is -0.312. The summed E-state index contributed by atoms with van der Waals surface area (Å²) in [6.45, 7) is 4.62. The zero-order valence-corrected chi connectivity index (χ0v) is 17.5. The van der Waals surface area contributed by atoms with E-state index in [-0.39, 0.29) is 17.1 Å². The van der Waals surface area contributed by atoms with Gasteiger partial charge < -0.3 is 0 Å². The number of imide groups is 1. The molecular formula is C21H21N3O2S2. The van der Waals surface area contributed by atoms with Crippen LogP contribution in [0.15, 0.2) is 41.7 Å². The summed E-state index contributed by atoms with van der Waals surface area (Å²) in [7, 11) is 0. The van der Waals surface area contributed by atoms with Crippen LogP contribution in [-0.4, -0.2) is 38.5 Å². The number of hydrogen-bond donors (Lipinski definition) is 0. The predicted molar refractivity (Wildman–Crippen MR) is 113 cm³/mol. The van der Waals surface area contributed by atoms with Crippen LogP contribution in [0.4, 0.5) is 0 Å². The summed E-state index contributed by atoms with van der Waals surface area (Å²) in [6.07, 6.45) is 4.05. The van der Waals surface area contributed by atoms with E-state index < -0.39 is 0 Å². The molecule has 144 valence electrons. The fourth-order valence-corrected chi connectivity index (χ4v) is 5.75. The second-order valence-corrected chi connectivity index (χ2v) is 9.30. The third kappa shape index (κ3) is 3.56. The first-order chi connectivity index (χ1) is 13.6. The normalized spacial score (nSPS) is 17.7. The second-order valence-electron chi connectivity index (χ2n) is 6.91. The minimum Gasteiger partial charge on any atom is -0.278 e. The van der Waals surface area contributed by atoms with E-state index in [2.05, 4.69) is 23.8 Å². The number of thiophene rings is 1. The van der Waals surface area contributed by atoms with Gasteiger partial charge >= 0.3 is 0 Å². The number of carbonyl (C=O) groups excluding carboxylic acids is 2. The molecule has 7 heteroatoms. The van der Waals surface area contributed by atoms with E-state index in [0.717, 1.165) is 34.5 Å². The zero-order chi connectivity index (χ0) is 19.7. The van der Waals surface area contributed by atoms with Crippen LogP contribution in [0.1, 0.15) is 40.1 Å². The molecule has 1 aromatic carbocycles. The van der Waals surface area contributed by atoms with Crippen LogP contribution in [0, 0.1) is 13.8 Å². The number of benzene rings is 1. The summed E-state index contributed by atoms with van der Waals surface area (Å²) in [5.41, 5.74) is 1.72. The third-order valence-corrected chi connectivity index (χ3v) is 7.46. The van der Waals surface area contributed by atoms with Crippen molar-refractivity contribution in [1.82, 2.24) is 14.9 Å². The molecule has 1 aliphatic heterocycles. The summed E-state index contributed by atoms with van der Waals surface area (Å²) in [6, 6.07) is 9.02. The van der Waals surface area contributed by atoms with Gasteiger partial charge in [-0.2, -0.15) is 0 Å². The molecule has 0 bridgehead atoms. The molecule has 2 aromatic heterocycles. The smallest absolute Gasteiger partial charge is 0.260 e. The zero-order valence-electron chi connectivity index (χ0n) is 15.8. The van der Waals surface area contributed by atoms with Gasteiger partial charge in [0.25, 0.3) is 5.91 Å². The third-order valence-electron chi connectivity index (χ3n) is 5.09. The fourth-order valence-electron chi connectivity index (χ4n) is 3.43. The van der Waals surface area contributed by atoms with Gasteiger partial charge in [-0.15, -0.1) is 11.3 Å². The lowest BCUT2D eigenvalue weighted by Gasteiger charge is -2.22. The molecule has 1 unspecified atom stereocenters. The number of rotatable bonds is 3. The Morgan fingerprint density at radius 3 is 2.75 bits per heavy atom. The molecule has 5 nitrogen and oxygen atoms in total. The molecule has 1 fully saturated rings. The first kappa shape index (κ1) is 19.1. The van der Waals surface area contributed by atoms with E-state index in [9.17, 15) is 9.59 Å². The van der Waals surface area contributed by atoms with Crippen molar-refractivity contribution in [2.75, 3.05) is 6.54 Å². The van der Waals surface area contributed by atoms with Crippen molar-refractivity contribution in [2.24, 2.45) is 0 Å². The lowest BCUT2D eigenvalue weighted by Crippen LogP contribution is -2.41. The minimum absolute atomic E-state index is 0.118. The number of thioether (sulfide) groups is 1. The van der Waals surface area contributed by atoms with Crippen molar-refractivity contribution in [1.29, 1.82) is 0 Å². The van der Waals surface area contributed by atoms with Crippen LogP contribution >= 0.6 is 23.1 Å². The van der Waals surface area contributed by atoms with Gasteiger partial charge in [0.2, 0.25) is 5.91 Å². The van der Waals surface area contributed by atoms with Crippen LogP contribution in [-0.2, 0) is 4.79 Å². The van der Waals surface area contributed by atoms with Crippen molar-refractivity contribution in [3.63, 3.8) is 0 Å². The molecule has 1 atom stereocenters. The van der Waals surface area contributed by atoms with Crippen molar-refractivity contribution >= 4 is 45.1 Å². The Morgan fingerprint density at radius 2 is 1.96 bits per heavy atom. The molecule has 1 saturated heterocycles. The van der Waals surface area contributed by atoms with Crippen LogP contribution in [0.25, 0.3) is 10.2 Å². The molecule has 0 spiro atoms. The maximum absolute atomic E-state index is 13.2. The summed E-state index contributed by atoms with van der Waals surface area (Å²) in [5, 5.41) is 1.56. The van der Waals surface area contributed by atoms with Gasteiger partial charge in [-0.05, 0) is 44.4 Å². The fraction of sp³-hybridized carbons (Fsp3) is 0.333. The molecular weight excluding hydrogens is 390 g/mol. The summed E-state index contributed by atoms with van der Waals surface area (Å²) in [5.74, 6) is -0.332. The van der Waals surface area contributed by atoms with Crippen LogP contribution in [0.5, 0.6) is 0 Å². The number of aromatic nitrogens is 2.